The average molecular weight is 442 g/mol. The zero-order valence-electron chi connectivity index (χ0n) is 18.1. The van der Waals surface area contributed by atoms with Crippen molar-refractivity contribution in [3.05, 3.63) is 59.7 Å². The lowest BCUT2D eigenvalue weighted by Gasteiger charge is -2.07. The van der Waals surface area contributed by atoms with Gasteiger partial charge in [0.25, 0.3) is 0 Å². The third-order valence-electron chi connectivity index (χ3n) is 4.23. The second-order valence-corrected chi connectivity index (χ2v) is 6.81. The first-order valence-electron chi connectivity index (χ1n) is 10.4. The fourth-order valence-electron chi connectivity index (χ4n) is 2.40. The Bertz CT molecular complexity index is 839. The highest BCUT2D eigenvalue weighted by Crippen LogP contribution is 2.16. The summed E-state index contributed by atoms with van der Waals surface area (Å²) in [5, 5.41) is 0. The highest BCUT2D eigenvalue weighted by atomic mass is 16.6. The summed E-state index contributed by atoms with van der Waals surface area (Å²) in [7, 11) is 0. The van der Waals surface area contributed by atoms with Crippen molar-refractivity contribution in [2.24, 2.45) is 0 Å². The van der Waals surface area contributed by atoms with Crippen molar-refractivity contribution in [1.29, 1.82) is 0 Å². The summed E-state index contributed by atoms with van der Waals surface area (Å²) in [6.07, 6.45) is 3.37. The molecule has 0 bridgehead atoms. The molecule has 2 aromatic rings. The van der Waals surface area contributed by atoms with Crippen LogP contribution in [0.5, 0.6) is 11.5 Å². The Morgan fingerprint density at radius 1 is 0.594 bits per heavy atom. The van der Waals surface area contributed by atoms with E-state index < -0.39 is 23.9 Å². The van der Waals surface area contributed by atoms with Gasteiger partial charge in [-0.3, -0.25) is 0 Å². The quantitative estimate of drug-likeness (QED) is 0.234. The molecule has 2 rings (SSSR count). The summed E-state index contributed by atoms with van der Waals surface area (Å²) in [4.78, 5) is 47.7. The molecule has 0 aliphatic rings. The molecule has 0 aliphatic carbocycles. The van der Waals surface area contributed by atoms with E-state index in [-0.39, 0.29) is 11.5 Å². The number of hydrogen-bond acceptors (Lipinski definition) is 8. The summed E-state index contributed by atoms with van der Waals surface area (Å²) in [5.41, 5.74) is 0.605. The molecule has 0 atom stereocenters. The van der Waals surface area contributed by atoms with Crippen molar-refractivity contribution in [3.63, 3.8) is 0 Å². The van der Waals surface area contributed by atoms with Gasteiger partial charge in [-0.25, -0.2) is 19.2 Å². The number of rotatable bonds is 10. The van der Waals surface area contributed by atoms with Crippen LogP contribution in [0.3, 0.4) is 0 Å². The predicted octanol–water partition coefficient (Wildman–Crippen LogP) is 4.11. The molecule has 0 fully saturated rings. The highest BCUT2D eigenvalue weighted by molar-refractivity contribution is 6.31. The van der Waals surface area contributed by atoms with Crippen molar-refractivity contribution in [2.75, 3.05) is 13.2 Å². The first-order chi connectivity index (χ1) is 15.4. The van der Waals surface area contributed by atoms with Gasteiger partial charge in [-0.15, -0.1) is 0 Å². The predicted molar refractivity (Wildman–Crippen MR) is 115 cm³/mol. The summed E-state index contributed by atoms with van der Waals surface area (Å²) < 4.78 is 20.1. The van der Waals surface area contributed by atoms with Crippen LogP contribution >= 0.6 is 0 Å². The molecule has 170 valence electrons. The second-order valence-electron chi connectivity index (χ2n) is 6.81. The monoisotopic (exact) mass is 442 g/mol. The minimum Gasteiger partial charge on any atom is -0.462 e. The van der Waals surface area contributed by atoms with E-state index in [9.17, 15) is 19.2 Å². The first kappa shape index (κ1) is 24.6. The smallest absolute Gasteiger partial charge is 0.423 e. The average Bonchev–Trinajstić information content (AvgIpc) is 2.80. The lowest BCUT2D eigenvalue weighted by atomic mass is 10.2. The number of benzene rings is 2. The van der Waals surface area contributed by atoms with Crippen LogP contribution in [0.2, 0.25) is 0 Å². The SMILES string of the molecule is CCCCOC(=O)c1ccc(OC(=O)C(=O)Oc2ccc(C(=O)OCCCC)cc2)cc1. The van der Waals surface area contributed by atoms with Crippen LogP contribution in [-0.2, 0) is 19.1 Å². The fraction of sp³-hybridized carbons (Fsp3) is 0.333. The third-order valence-corrected chi connectivity index (χ3v) is 4.23. The molecular weight excluding hydrogens is 416 g/mol. The lowest BCUT2D eigenvalue weighted by Crippen LogP contribution is -2.25. The summed E-state index contributed by atoms with van der Waals surface area (Å²) in [6.45, 7) is 4.64. The van der Waals surface area contributed by atoms with Gasteiger partial charge in [0, 0.05) is 0 Å². The molecule has 0 unspecified atom stereocenters. The zero-order valence-corrected chi connectivity index (χ0v) is 18.1. The van der Waals surface area contributed by atoms with Gasteiger partial charge >= 0.3 is 23.9 Å². The molecular formula is C24H26O8. The van der Waals surface area contributed by atoms with E-state index in [4.69, 9.17) is 18.9 Å². The van der Waals surface area contributed by atoms with Gasteiger partial charge in [0.2, 0.25) is 0 Å². The number of carbonyl (C=O) groups excluding carboxylic acids is 4. The van der Waals surface area contributed by atoms with Crippen LogP contribution in [0.1, 0.15) is 60.2 Å². The Hall–Kier alpha value is -3.68. The van der Waals surface area contributed by atoms with Crippen LogP contribution in [0, 0.1) is 0 Å². The maximum atomic E-state index is 12.0. The molecule has 0 heterocycles. The number of carbonyl (C=O) groups is 4. The maximum absolute atomic E-state index is 12.0. The number of unbranched alkanes of at least 4 members (excludes halogenated alkanes) is 2. The van der Waals surface area contributed by atoms with Crippen molar-refractivity contribution in [1.82, 2.24) is 0 Å². The Labute approximate surface area is 186 Å². The van der Waals surface area contributed by atoms with E-state index in [0.29, 0.717) is 24.3 Å². The van der Waals surface area contributed by atoms with Crippen LogP contribution in [0.25, 0.3) is 0 Å². The van der Waals surface area contributed by atoms with Gasteiger partial charge in [0.15, 0.2) is 0 Å². The van der Waals surface area contributed by atoms with Gasteiger partial charge in [0.05, 0.1) is 24.3 Å². The molecule has 8 nitrogen and oxygen atoms in total. The van der Waals surface area contributed by atoms with Gasteiger partial charge in [-0.2, -0.15) is 0 Å². The maximum Gasteiger partial charge on any atom is 0.423 e. The Kier molecular flexibility index (Phi) is 9.90. The molecule has 32 heavy (non-hydrogen) atoms. The normalized spacial score (nSPS) is 10.2. The summed E-state index contributed by atoms with van der Waals surface area (Å²) in [6, 6.07) is 11.2. The Morgan fingerprint density at radius 2 is 0.938 bits per heavy atom. The van der Waals surface area contributed by atoms with Gasteiger partial charge < -0.3 is 18.9 Å². The lowest BCUT2D eigenvalue weighted by molar-refractivity contribution is -0.156. The molecule has 0 amide bonds. The van der Waals surface area contributed by atoms with Gasteiger partial charge in [-0.05, 0) is 61.4 Å². The molecule has 0 radical (unpaired) electrons. The Balaban J connectivity index is 1.85. The van der Waals surface area contributed by atoms with Crippen LogP contribution in [0.15, 0.2) is 48.5 Å². The summed E-state index contributed by atoms with van der Waals surface area (Å²) in [5.74, 6) is -3.27. The molecule has 0 N–H and O–H groups in total. The zero-order chi connectivity index (χ0) is 23.3. The van der Waals surface area contributed by atoms with E-state index in [1.807, 2.05) is 13.8 Å². The van der Waals surface area contributed by atoms with Crippen LogP contribution < -0.4 is 9.47 Å². The molecule has 0 aromatic heterocycles. The highest BCUT2D eigenvalue weighted by Gasteiger charge is 2.20. The topological polar surface area (TPSA) is 105 Å². The molecule has 0 saturated carbocycles. The van der Waals surface area contributed by atoms with E-state index in [1.54, 1.807) is 0 Å². The van der Waals surface area contributed by atoms with Crippen molar-refractivity contribution in [3.8, 4) is 11.5 Å². The van der Waals surface area contributed by atoms with Crippen molar-refractivity contribution < 1.29 is 38.1 Å². The van der Waals surface area contributed by atoms with Crippen molar-refractivity contribution >= 4 is 23.9 Å². The van der Waals surface area contributed by atoms with Gasteiger partial charge in [0.1, 0.15) is 11.5 Å². The standard InChI is InChI=1S/C24H26O8/c1-3-5-15-29-21(25)17-7-11-19(12-8-17)31-23(27)24(28)32-20-13-9-18(10-14-20)22(26)30-16-6-4-2/h7-14H,3-6,15-16H2,1-2H3. The number of esters is 4. The van der Waals surface area contributed by atoms with Crippen LogP contribution in [-0.4, -0.2) is 37.1 Å². The fourth-order valence-corrected chi connectivity index (χ4v) is 2.40. The molecule has 0 spiro atoms. The largest absolute Gasteiger partial charge is 0.462 e. The van der Waals surface area contributed by atoms with E-state index in [1.165, 1.54) is 48.5 Å². The summed E-state index contributed by atoms with van der Waals surface area (Å²) >= 11 is 0. The molecule has 0 aliphatic heterocycles. The minimum atomic E-state index is -1.23. The van der Waals surface area contributed by atoms with Crippen molar-refractivity contribution in [2.45, 2.75) is 39.5 Å². The first-order valence-corrected chi connectivity index (χ1v) is 10.4. The van der Waals surface area contributed by atoms with E-state index >= 15 is 0 Å². The van der Waals surface area contributed by atoms with Crippen LogP contribution in [0.4, 0.5) is 0 Å². The van der Waals surface area contributed by atoms with Gasteiger partial charge in [-0.1, -0.05) is 26.7 Å². The molecule has 0 saturated heterocycles. The van der Waals surface area contributed by atoms with E-state index in [0.717, 1.165) is 25.7 Å². The number of hydrogen-bond donors (Lipinski definition) is 0. The van der Waals surface area contributed by atoms with E-state index in [2.05, 4.69) is 0 Å². The minimum absolute atomic E-state index is 0.0715. The Morgan fingerprint density at radius 3 is 1.25 bits per heavy atom. The molecule has 8 heteroatoms. The molecule has 2 aromatic carbocycles. The third kappa shape index (κ3) is 7.86. The number of ether oxygens (including phenoxy) is 4. The second kappa shape index (κ2) is 12.9.